The van der Waals surface area contributed by atoms with Crippen LogP contribution in [-0.4, -0.2) is 55.4 Å². The molecule has 1 heterocycles. The van der Waals surface area contributed by atoms with Gasteiger partial charge in [-0.05, 0) is 23.3 Å². The number of benzene rings is 3. The van der Waals surface area contributed by atoms with Crippen LogP contribution in [0.4, 0.5) is 5.69 Å². The minimum atomic E-state index is -0.540. The Morgan fingerprint density at radius 1 is 0.774 bits per heavy atom. The van der Waals surface area contributed by atoms with Crippen LogP contribution in [-0.2, 0) is 4.74 Å². The van der Waals surface area contributed by atoms with Gasteiger partial charge in [0.2, 0.25) is 0 Å². The summed E-state index contributed by atoms with van der Waals surface area (Å²) in [6.45, 7) is 4.47. The zero-order chi connectivity index (χ0) is 21.5. The van der Waals surface area contributed by atoms with Gasteiger partial charge in [-0.2, -0.15) is 0 Å². The van der Waals surface area contributed by atoms with Crippen molar-refractivity contribution >= 4 is 17.3 Å². The van der Waals surface area contributed by atoms with Crippen molar-refractivity contribution in [3.8, 4) is 0 Å². The Bertz CT molecular complexity index is 891. The molecule has 0 radical (unpaired) electrons. The zero-order valence-electron chi connectivity index (χ0n) is 17.6. The molecule has 0 aromatic heterocycles. The van der Waals surface area contributed by atoms with Gasteiger partial charge in [-0.25, -0.2) is 0 Å². The van der Waals surface area contributed by atoms with E-state index in [0.29, 0.717) is 13.2 Å². The Morgan fingerprint density at radius 3 is 1.90 bits per heavy atom. The fourth-order valence-corrected chi connectivity index (χ4v) is 4.33. The lowest BCUT2D eigenvalue weighted by Gasteiger charge is -2.37. The number of β-amino-alcohol motifs (C(OH)–C–C–N with tert-alkyl or cyclic N) is 1. The smallest absolute Gasteiger partial charge is 0.108 e. The molecule has 1 unspecified atom stereocenters. The summed E-state index contributed by atoms with van der Waals surface area (Å²) in [5.41, 5.74) is 3.27. The Labute approximate surface area is 189 Å². The fourth-order valence-electron chi connectivity index (χ4n) is 4.08. The summed E-state index contributed by atoms with van der Waals surface area (Å²) in [5, 5.41) is 11.5. The summed E-state index contributed by atoms with van der Waals surface area (Å²) < 4.78 is 6.22. The van der Waals surface area contributed by atoms with Crippen LogP contribution < -0.4 is 4.90 Å². The van der Waals surface area contributed by atoms with Crippen LogP contribution in [0.25, 0.3) is 0 Å². The number of hydrogen-bond donors (Lipinski definition) is 1. The average Bonchev–Trinajstić information content (AvgIpc) is 2.82. The van der Waals surface area contributed by atoms with Gasteiger partial charge in [0.05, 0.1) is 23.4 Å². The maximum absolute atomic E-state index is 10.7. The number of anilines is 1. The minimum Gasteiger partial charge on any atom is -0.389 e. The third-order valence-electron chi connectivity index (χ3n) is 5.69. The van der Waals surface area contributed by atoms with E-state index in [1.807, 2.05) is 54.6 Å². The molecule has 1 fully saturated rings. The molecule has 1 aliphatic heterocycles. The highest BCUT2D eigenvalue weighted by atomic mass is 35.5. The summed E-state index contributed by atoms with van der Waals surface area (Å²) >= 11 is 6.34. The van der Waals surface area contributed by atoms with Gasteiger partial charge < -0.3 is 14.7 Å². The molecule has 5 heteroatoms. The number of hydrogen-bond acceptors (Lipinski definition) is 4. The van der Waals surface area contributed by atoms with E-state index in [-0.39, 0.29) is 6.10 Å². The van der Waals surface area contributed by atoms with E-state index in [9.17, 15) is 5.11 Å². The van der Waals surface area contributed by atoms with Crippen LogP contribution in [0.3, 0.4) is 0 Å². The van der Waals surface area contributed by atoms with E-state index in [0.717, 1.165) is 48.0 Å². The number of aliphatic hydroxyl groups excluding tert-OH is 1. The van der Waals surface area contributed by atoms with Crippen molar-refractivity contribution in [3.63, 3.8) is 0 Å². The van der Waals surface area contributed by atoms with Gasteiger partial charge >= 0.3 is 0 Å². The summed E-state index contributed by atoms with van der Waals surface area (Å²) in [4.78, 5) is 4.60. The Kier molecular flexibility index (Phi) is 7.60. The van der Waals surface area contributed by atoms with Crippen molar-refractivity contribution in [2.75, 3.05) is 44.2 Å². The molecule has 0 saturated carbocycles. The number of nitrogens with zero attached hydrogens (tertiary/aromatic N) is 2. The first-order valence-corrected chi connectivity index (χ1v) is 11.2. The number of ether oxygens (including phenoxy) is 1. The van der Waals surface area contributed by atoms with Crippen LogP contribution in [0.15, 0.2) is 84.9 Å². The van der Waals surface area contributed by atoms with Gasteiger partial charge in [0.1, 0.15) is 6.10 Å². The topological polar surface area (TPSA) is 35.9 Å². The molecule has 31 heavy (non-hydrogen) atoms. The quantitative estimate of drug-likeness (QED) is 0.558. The Hall–Kier alpha value is -2.37. The molecule has 162 valence electrons. The fraction of sp³-hybridized carbons (Fsp3) is 0.308. The maximum Gasteiger partial charge on any atom is 0.108 e. The van der Waals surface area contributed by atoms with Crippen LogP contribution in [0, 0.1) is 0 Å². The first-order chi connectivity index (χ1) is 15.2. The highest BCUT2D eigenvalue weighted by Gasteiger charge is 2.22. The monoisotopic (exact) mass is 436 g/mol. The largest absolute Gasteiger partial charge is 0.389 e. The van der Waals surface area contributed by atoms with Gasteiger partial charge in [0, 0.05) is 32.7 Å². The highest BCUT2D eigenvalue weighted by Crippen LogP contribution is 2.27. The van der Waals surface area contributed by atoms with Crippen molar-refractivity contribution in [1.29, 1.82) is 0 Å². The van der Waals surface area contributed by atoms with Crippen LogP contribution >= 0.6 is 11.6 Å². The van der Waals surface area contributed by atoms with Gasteiger partial charge in [0.25, 0.3) is 0 Å². The Balaban J connectivity index is 1.30. The molecule has 1 saturated heterocycles. The Morgan fingerprint density at radius 2 is 1.32 bits per heavy atom. The third-order valence-corrected chi connectivity index (χ3v) is 6.01. The second-order valence-corrected chi connectivity index (χ2v) is 8.33. The molecular formula is C26H29ClN2O2. The number of rotatable bonds is 8. The van der Waals surface area contributed by atoms with E-state index >= 15 is 0 Å². The highest BCUT2D eigenvalue weighted by molar-refractivity contribution is 6.33. The molecule has 1 aliphatic rings. The molecule has 1 N–H and O–H groups in total. The lowest BCUT2D eigenvalue weighted by Crippen LogP contribution is -2.49. The molecule has 0 amide bonds. The predicted octanol–water partition coefficient (Wildman–Crippen LogP) is 4.63. The molecule has 3 aromatic carbocycles. The molecular weight excluding hydrogens is 408 g/mol. The molecule has 0 spiro atoms. The molecule has 4 rings (SSSR count). The molecule has 3 aromatic rings. The van der Waals surface area contributed by atoms with Crippen molar-refractivity contribution in [3.05, 3.63) is 101 Å². The van der Waals surface area contributed by atoms with E-state index in [1.165, 1.54) is 0 Å². The number of piperazine rings is 1. The summed E-state index contributed by atoms with van der Waals surface area (Å²) in [5.74, 6) is 0. The van der Waals surface area contributed by atoms with E-state index in [4.69, 9.17) is 16.3 Å². The first-order valence-electron chi connectivity index (χ1n) is 10.8. The van der Waals surface area contributed by atoms with Gasteiger partial charge in [-0.15, -0.1) is 0 Å². The molecule has 0 aliphatic carbocycles. The number of aliphatic hydroxyl groups is 1. The SMILES string of the molecule is OC(COC(c1ccccc1)c1ccccc1)CN1CCN(c2ccccc2Cl)CC1. The lowest BCUT2D eigenvalue weighted by molar-refractivity contribution is -0.00893. The average molecular weight is 437 g/mol. The third kappa shape index (κ3) is 5.86. The van der Waals surface area contributed by atoms with Crippen LogP contribution in [0.1, 0.15) is 17.2 Å². The standard InChI is InChI=1S/C26H29ClN2O2/c27-24-13-7-8-14-25(24)29-17-15-28(16-18-29)19-23(30)20-31-26(21-9-3-1-4-10-21)22-11-5-2-6-12-22/h1-14,23,26,30H,15-20H2. The van der Waals surface area contributed by atoms with Crippen molar-refractivity contribution in [2.24, 2.45) is 0 Å². The summed E-state index contributed by atoms with van der Waals surface area (Å²) in [6, 6.07) is 28.3. The second-order valence-electron chi connectivity index (χ2n) is 7.93. The minimum absolute atomic E-state index is 0.186. The first kappa shape index (κ1) is 21.8. The second kappa shape index (κ2) is 10.8. The number of halogens is 1. The predicted molar refractivity (Wildman–Crippen MR) is 127 cm³/mol. The van der Waals surface area contributed by atoms with E-state index < -0.39 is 6.10 Å². The zero-order valence-corrected chi connectivity index (χ0v) is 18.4. The van der Waals surface area contributed by atoms with Crippen LogP contribution in [0.5, 0.6) is 0 Å². The molecule has 1 atom stereocenters. The van der Waals surface area contributed by atoms with Gasteiger partial charge in [-0.3, -0.25) is 4.90 Å². The summed E-state index contributed by atoms with van der Waals surface area (Å²) in [7, 11) is 0. The van der Waals surface area contributed by atoms with Crippen molar-refractivity contribution < 1.29 is 9.84 Å². The van der Waals surface area contributed by atoms with Gasteiger partial charge in [0.15, 0.2) is 0 Å². The maximum atomic E-state index is 10.7. The molecule has 0 bridgehead atoms. The van der Waals surface area contributed by atoms with Crippen LogP contribution in [0.2, 0.25) is 5.02 Å². The normalized spacial score (nSPS) is 15.9. The van der Waals surface area contributed by atoms with Crippen molar-refractivity contribution in [2.45, 2.75) is 12.2 Å². The number of para-hydroxylation sites is 1. The van der Waals surface area contributed by atoms with Gasteiger partial charge in [-0.1, -0.05) is 84.4 Å². The van der Waals surface area contributed by atoms with E-state index in [2.05, 4.69) is 40.1 Å². The summed E-state index contributed by atoms with van der Waals surface area (Å²) in [6.07, 6.45) is -0.726. The lowest BCUT2D eigenvalue weighted by atomic mass is 10.0. The van der Waals surface area contributed by atoms with Crippen molar-refractivity contribution in [1.82, 2.24) is 4.90 Å². The van der Waals surface area contributed by atoms with E-state index in [1.54, 1.807) is 0 Å². The molecule has 4 nitrogen and oxygen atoms in total.